The number of nitrogens with zero attached hydrogens (tertiary/aromatic N) is 1. The first-order valence-corrected chi connectivity index (χ1v) is 6.47. The van der Waals surface area contributed by atoms with Gasteiger partial charge in [-0.2, -0.15) is 0 Å². The largest absolute Gasteiger partial charge is 0.330 e. The molecule has 0 unspecified atom stereocenters. The Morgan fingerprint density at radius 1 is 1.35 bits per heavy atom. The van der Waals surface area contributed by atoms with E-state index in [0.29, 0.717) is 13.0 Å². The topological polar surface area (TPSA) is 38.9 Å². The molecule has 0 radical (unpaired) electrons. The molecule has 0 fully saturated rings. The Labute approximate surface area is 104 Å². The molecule has 0 amide bonds. The molecule has 0 aliphatic heterocycles. The maximum absolute atomic E-state index is 13.0. The standard InChI is InChI=1S/C13H15FN2S/c14-11-4-1-3-10(7-11)8-13-16-9-12(17-13)5-2-6-15/h1,3-4,7,9H,2,5-6,8,15H2. The highest BCUT2D eigenvalue weighted by Crippen LogP contribution is 2.18. The van der Waals surface area contributed by atoms with Gasteiger partial charge in [0.1, 0.15) is 5.82 Å². The maximum Gasteiger partial charge on any atom is 0.123 e. The van der Waals surface area contributed by atoms with Crippen LogP contribution in [0.15, 0.2) is 30.5 Å². The second kappa shape index (κ2) is 5.89. The van der Waals surface area contributed by atoms with Crippen molar-refractivity contribution in [3.05, 3.63) is 51.7 Å². The van der Waals surface area contributed by atoms with Gasteiger partial charge in [-0.25, -0.2) is 9.37 Å². The molecule has 17 heavy (non-hydrogen) atoms. The lowest BCUT2D eigenvalue weighted by molar-refractivity contribution is 0.626. The summed E-state index contributed by atoms with van der Waals surface area (Å²) in [6.45, 7) is 0.705. The average molecular weight is 250 g/mol. The summed E-state index contributed by atoms with van der Waals surface area (Å²) in [5.41, 5.74) is 6.43. The third kappa shape index (κ3) is 3.61. The summed E-state index contributed by atoms with van der Waals surface area (Å²) in [4.78, 5) is 5.60. The minimum atomic E-state index is -0.192. The van der Waals surface area contributed by atoms with Crippen LogP contribution in [0.5, 0.6) is 0 Å². The van der Waals surface area contributed by atoms with Crippen molar-refractivity contribution in [2.45, 2.75) is 19.3 Å². The Kier molecular flexibility index (Phi) is 4.23. The maximum atomic E-state index is 13.0. The van der Waals surface area contributed by atoms with E-state index in [1.165, 1.54) is 10.9 Å². The van der Waals surface area contributed by atoms with Crippen molar-refractivity contribution in [2.24, 2.45) is 5.73 Å². The number of aryl methyl sites for hydroxylation is 1. The minimum Gasteiger partial charge on any atom is -0.330 e. The van der Waals surface area contributed by atoms with Crippen LogP contribution >= 0.6 is 11.3 Å². The first-order valence-electron chi connectivity index (χ1n) is 5.66. The van der Waals surface area contributed by atoms with Crippen molar-refractivity contribution in [2.75, 3.05) is 6.54 Å². The van der Waals surface area contributed by atoms with Gasteiger partial charge in [0.15, 0.2) is 0 Å². The van der Waals surface area contributed by atoms with E-state index in [9.17, 15) is 4.39 Å². The fourth-order valence-corrected chi connectivity index (χ4v) is 2.64. The smallest absolute Gasteiger partial charge is 0.123 e. The summed E-state index contributed by atoms with van der Waals surface area (Å²) >= 11 is 1.68. The fourth-order valence-electron chi connectivity index (χ4n) is 1.64. The lowest BCUT2D eigenvalue weighted by Crippen LogP contribution is -1.99. The van der Waals surface area contributed by atoms with Gasteiger partial charge < -0.3 is 5.73 Å². The molecule has 0 atom stereocenters. The summed E-state index contributed by atoms with van der Waals surface area (Å²) in [6.07, 6.45) is 4.57. The molecular formula is C13H15FN2S. The van der Waals surface area contributed by atoms with E-state index in [0.717, 1.165) is 23.4 Å². The average Bonchev–Trinajstić information content (AvgIpc) is 2.74. The van der Waals surface area contributed by atoms with E-state index in [2.05, 4.69) is 4.98 Å². The lowest BCUT2D eigenvalue weighted by Gasteiger charge is -1.97. The Morgan fingerprint density at radius 2 is 2.24 bits per heavy atom. The SMILES string of the molecule is NCCCc1cnc(Cc2cccc(F)c2)s1. The van der Waals surface area contributed by atoms with Crippen LogP contribution in [0, 0.1) is 5.82 Å². The molecule has 0 spiro atoms. The number of thiazole rings is 1. The molecule has 2 N–H and O–H groups in total. The molecular weight excluding hydrogens is 235 g/mol. The zero-order valence-electron chi connectivity index (χ0n) is 9.53. The van der Waals surface area contributed by atoms with Crippen LogP contribution in [-0.2, 0) is 12.8 Å². The number of nitrogens with two attached hydrogens (primary N) is 1. The molecule has 1 heterocycles. The summed E-state index contributed by atoms with van der Waals surface area (Å²) in [7, 11) is 0. The van der Waals surface area contributed by atoms with Gasteiger partial charge >= 0.3 is 0 Å². The van der Waals surface area contributed by atoms with Crippen LogP contribution in [0.2, 0.25) is 0 Å². The van der Waals surface area contributed by atoms with Gasteiger partial charge in [-0.15, -0.1) is 11.3 Å². The lowest BCUT2D eigenvalue weighted by atomic mass is 10.1. The van der Waals surface area contributed by atoms with E-state index in [1.807, 2.05) is 12.3 Å². The molecule has 1 aromatic heterocycles. The summed E-state index contributed by atoms with van der Waals surface area (Å²) < 4.78 is 13.0. The zero-order valence-corrected chi connectivity index (χ0v) is 10.3. The van der Waals surface area contributed by atoms with Gasteiger partial charge in [-0.3, -0.25) is 0 Å². The predicted octanol–water partition coefficient (Wildman–Crippen LogP) is 2.76. The highest BCUT2D eigenvalue weighted by atomic mass is 32.1. The normalized spacial score (nSPS) is 10.7. The van der Waals surface area contributed by atoms with Crippen molar-refractivity contribution in [1.82, 2.24) is 4.98 Å². The van der Waals surface area contributed by atoms with Crippen LogP contribution in [0.4, 0.5) is 4.39 Å². The van der Waals surface area contributed by atoms with Gasteiger partial charge in [-0.1, -0.05) is 12.1 Å². The number of rotatable bonds is 5. The number of halogens is 1. The highest BCUT2D eigenvalue weighted by molar-refractivity contribution is 7.11. The van der Waals surface area contributed by atoms with E-state index in [4.69, 9.17) is 5.73 Å². The molecule has 2 nitrogen and oxygen atoms in total. The van der Waals surface area contributed by atoms with Crippen LogP contribution in [0.1, 0.15) is 21.9 Å². The van der Waals surface area contributed by atoms with Gasteiger partial charge in [0.05, 0.1) is 5.01 Å². The third-order valence-corrected chi connectivity index (χ3v) is 3.53. The van der Waals surface area contributed by atoms with Crippen molar-refractivity contribution in [1.29, 1.82) is 0 Å². The van der Waals surface area contributed by atoms with E-state index >= 15 is 0 Å². The first-order chi connectivity index (χ1) is 8.28. The van der Waals surface area contributed by atoms with Crippen molar-refractivity contribution in [3.8, 4) is 0 Å². The first kappa shape index (κ1) is 12.2. The number of hydrogen-bond donors (Lipinski definition) is 1. The number of hydrogen-bond acceptors (Lipinski definition) is 3. The molecule has 0 aliphatic carbocycles. The van der Waals surface area contributed by atoms with Crippen LogP contribution < -0.4 is 5.73 Å². The molecule has 2 rings (SSSR count). The Bertz CT molecular complexity index is 482. The molecule has 0 saturated heterocycles. The van der Waals surface area contributed by atoms with Gasteiger partial charge in [0.2, 0.25) is 0 Å². The Hall–Kier alpha value is -1.26. The van der Waals surface area contributed by atoms with Crippen molar-refractivity contribution < 1.29 is 4.39 Å². The Morgan fingerprint density at radius 3 is 3.00 bits per heavy atom. The van der Waals surface area contributed by atoms with Gasteiger partial charge in [0.25, 0.3) is 0 Å². The van der Waals surface area contributed by atoms with Crippen molar-refractivity contribution >= 4 is 11.3 Å². The van der Waals surface area contributed by atoms with E-state index in [-0.39, 0.29) is 5.82 Å². The Balaban J connectivity index is 2.01. The number of aromatic nitrogens is 1. The molecule has 0 saturated carbocycles. The summed E-state index contributed by atoms with van der Waals surface area (Å²) in [5, 5.41) is 1.03. The second-order valence-electron chi connectivity index (χ2n) is 3.92. The van der Waals surface area contributed by atoms with Crippen LogP contribution in [-0.4, -0.2) is 11.5 Å². The molecule has 0 aliphatic rings. The molecule has 4 heteroatoms. The van der Waals surface area contributed by atoms with Crippen LogP contribution in [0.3, 0.4) is 0 Å². The van der Waals surface area contributed by atoms with Crippen LogP contribution in [0.25, 0.3) is 0 Å². The minimum absolute atomic E-state index is 0.192. The van der Waals surface area contributed by atoms with Gasteiger partial charge in [-0.05, 0) is 37.1 Å². The van der Waals surface area contributed by atoms with E-state index in [1.54, 1.807) is 23.5 Å². The highest BCUT2D eigenvalue weighted by Gasteiger charge is 2.03. The predicted molar refractivity (Wildman–Crippen MR) is 68.7 cm³/mol. The molecule has 90 valence electrons. The number of benzene rings is 1. The fraction of sp³-hybridized carbons (Fsp3) is 0.308. The van der Waals surface area contributed by atoms with E-state index < -0.39 is 0 Å². The van der Waals surface area contributed by atoms with Crippen molar-refractivity contribution in [3.63, 3.8) is 0 Å². The summed E-state index contributed by atoms with van der Waals surface area (Å²) in [6, 6.07) is 6.66. The monoisotopic (exact) mass is 250 g/mol. The second-order valence-corrected chi connectivity index (χ2v) is 5.12. The summed E-state index contributed by atoms with van der Waals surface area (Å²) in [5.74, 6) is -0.192. The molecule has 0 bridgehead atoms. The molecule has 1 aromatic carbocycles. The molecule has 2 aromatic rings. The third-order valence-electron chi connectivity index (χ3n) is 2.47. The zero-order chi connectivity index (χ0) is 12.1. The quantitative estimate of drug-likeness (QED) is 0.886. The van der Waals surface area contributed by atoms with Gasteiger partial charge in [0, 0.05) is 17.5 Å².